The van der Waals surface area contributed by atoms with Gasteiger partial charge in [-0.2, -0.15) is 0 Å². The lowest BCUT2D eigenvalue weighted by molar-refractivity contribution is 0.0122. The maximum atomic E-state index is 12.1. The first-order valence-electron chi connectivity index (χ1n) is 5.86. The summed E-state index contributed by atoms with van der Waals surface area (Å²) in [4.78, 5) is 16.1. The first-order valence-corrected chi connectivity index (χ1v) is 6.24. The molecule has 1 aromatic carbocycles. The minimum Gasteiger partial charge on any atom is -0.457 e. The molecule has 0 aliphatic rings. The third-order valence-electron chi connectivity index (χ3n) is 2.68. The van der Waals surface area contributed by atoms with Crippen molar-refractivity contribution in [1.29, 1.82) is 0 Å². The molecule has 0 saturated heterocycles. The van der Waals surface area contributed by atoms with Gasteiger partial charge in [-0.15, -0.1) is 0 Å². The van der Waals surface area contributed by atoms with Gasteiger partial charge >= 0.3 is 5.97 Å². The molecule has 1 heterocycles. The smallest absolute Gasteiger partial charge is 0.340 e. The zero-order chi connectivity index (χ0) is 13.8. The molecule has 0 aliphatic heterocycles. The largest absolute Gasteiger partial charge is 0.457 e. The highest BCUT2D eigenvalue weighted by atomic mass is 35.5. The van der Waals surface area contributed by atoms with Crippen LogP contribution in [0.25, 0.3) is 10.8 Å². The average molecular weight is 280 g/mol. The fraction of sp³-hybridized carbons (Fsp3) is 0.286. The third-order valence-corrected chi connectivity index (χ3v) is 2.98. The maximum Gasteiger partial charge on any atom is 0.340 e. The van der Waals surface area contributed by atoms with E-state index in [2.05, 4.69) is 4.98 Å². The minimum absolute atomic E-state index is 0.313. The van der Waals surface area contributed by atoms with E-state index in [0.717, 1.165) is 10.8 Å². The fourth-order valence-corrected chi connectivity index (χ4v) is 2.05. The Kier molecular flexibility index (Phi) is 4.35. The highest BCUT2D eigenvalue weighted by Gasteiger charge is 2.16. The average Bonchev–Trinajstić information content (AvgIpc) is 2.39. The lowest BCUT2D eigenvalue weighted by Crippen LogP contribution is -2.20. The van der Waals surface area contributed by atoms with E-state index in [9.17, 15) is 4.79 Å². The molecule has 1 atom stereocenters. The van der Waals surface area contributed by atoms with Crippen LogP contribution in [0.3, 0.4) is 0 Å². The van der Waals surface area contributed by atoms with E-state index in [4.69, 9.17) is 21.1 Å². The summed E-state index contributed by atoms with van der Waals surface area (Å²) >= 11 is 6.01. The van der Waals surface area contributed by atoms with Crippen LogP contribution >= 0.6 is 11.6 Å². The molecule has 0 fully saturated rings. The van der Waals surface area contributed by atoms with E-state index < -0.39 is 5.97 Å². The molecule has 0 spiro atoms. The summed E-state index contributed by atoms with van der Waals surface area (Å²) in [5, 5.41) is 1.84. The number of hydrogen-bond donors (Lipinski definition) is 0. The number of halogens is 1. The van der Waals surface area contributed by atoms with Gasteiger partial charge < -0.3 is 9.47 Å². The summed E-state index contributed by atoms with van der Waals surface area (Å²) in [6.45, 7) is 2.12. The number of hydrogen-bond acceptors (Lipinski definition) is 4. The second-order valence-corrected chi connectivity index (χ2v) is 4.54. The quantitative estimate of drug-likeness (QED) is 0.637. The number of fused-ring (bicyclic) bond motifs is 1. The predicted octanol–water partition coefficient (Wildman–Crippen LogP) is 3.08. The van der Waals surface area contributed by atoms with Crippen LogP contribution in [0.15, 0.2) is 30.5 Å². The number of benzene rings is 1. The molecule has 100 valence electrons. The van der Waals surface area contributed by atoms with Crippen molar-refractivity contribution in [3.05, 3.63) is 41.2 Å². The van der Waals surface area contributed by atoms with E-state index in [1.165, 1.54) is 6.20 Å². The van der Waals surface area contributed by atoms with Crippen molar-refractivity contribution in [1.82, 2.24) is 4.98 Å². The van der Waals surface area contributed by atoms with E-state index in [-0.39, 0.29) is 6.10 Å². The SMILES string of the molecule is COCC(C)OC(=O)c1cnc(Cl)c2ccccc12. The van der Waals surface area contributed by atoms with E-state index >= 15 is 0 Å². The molecular weight excluding hydrogens is 266 g/mol. The monoisotopic (exact) mass is 279 g/mol. The van der Waals surface area contributed by atoms with Crippen LogP contribution in [0, 0.1) is 0 Å². The Balaban J connectivity index is 2.35. The number of pyridine rings is 1. The van der Waals surface area contributed by atoms with Gasteiger partial charge in [0.1, 0.15) is 11.3 Å². The molecule has 19 heavy (non-hydrogen) atoms. The number of carbonyl (C=O) groups is 1. The topological polar surface area (TPSA) is 48.4 Å². The van der Waals surface area contributed by atoms with E-state index in [1.54, 1.807) is 14.0 Å². The van der Waals surface area contributed by atoms with Gasteiger partial charge in [0, 0.05) is 24.1 Å². The Hall–Kier alpha value is -1.65. The van der Waals surface area contributed by atoms with Crippen molar-refractivity contribution >= 4 is 28.3 Å². The lowest BCUT2D eigenvalue weighted by Gasteiger charge is -2.13. The first kappa shape index (κ1) is 13.8. The second kappa shape index (κ2) is 5.99. The van der Waals surface area contributed by atoms with E-state index in [0.29, 0.717) is 17.3 Å². The summed E-state index contributed by atoms with van der Waals surface area (Å²) in [7, 11) is 1.56. The maximum absolute atomic E-state index is 12.1. The highest BCUT2D eigenvalue weighted by molar-refractivity contribution is 6.34. The van der Waals surface area contributed by atoms with Gasteiger partial charge in [0.15, 0.2) is 0 Å². The number of aromatic nitrogens is 1. The number of rotatable bonds is 4. The molecule has 1 unspecified atom stereocenters. The number of ether oxygens (including phenoxy) is 2. The van der Waals surface area contributed by atoms with Crippen molar-refractivity contribution in [2.75, 3.05) is 13.7 Å². The van der Waals surface area contributed by atoms with Crippen LogP contribution in [0.5, 0.6) is 0 Å². The molecule has 0 N–H and O–H groups in total. The van der Waals surface area contributed by atoms with Crippen molar-refractivity contribution in [3.63, 3.8) is 0 Å². The van der Waals surface area contributed by atoms with Gasteiger partial charge in [-0.25, -0.2) is 9.78 Å². The van der Waals surface area contributed by atoms with Crippen molar-refractivity contribution in [2.45, 2.75) is 13.0 Å². The van der Waals surface area contributed by atoms with Gasteiger partial charge in [0.05, 0.1) is 12.2 Å². The Labute approximate surface area is 116 Å². The molecule has 1 aromatic heterocycles. The van der Waals surface area contributed by atoms with E-state index in [1.807, 2.05) is 24.3 Å². The van der Waals surface area contributed by atoms with Crippen LogP contribution in [-0.4, -0.2) is 30.8 Å². The van der Waals surface area contributed by atoms with Crippen molar-refractivity contribution < 1.29 is 14.3 Å². The number of methoxy groups -OCH3 is 1. The summed E-state index contributed by atoms with van der Waals surface area (Å²) in [5.41, 5.74) is 0.406. The zero-order valence-corrected chi connectivity index (χ0v) is 11.5. The molecule has 2 rings (SSSR count). The number of carbonyl (C=O) groups excluding carboxylic acids is 1. The Morgan fingerprint density at radius 1 is 1.37 bits per heavy atom. The molecule has 0 bridgehead atoms. The molecular formula is C14H14ClNO3. The molecule has 0 aliphatic carbocycles. The second-order valence-electron chi connectivity index (χ2n) is 4.18. The summed E-state index contributed by atoms with van der Waals surface area (Å²) in [6.07, 6.45) is 1.12. The molecule has 4 nitrogen and oxygen atoms in total. The highest BCUT2D eigenvalue weighted by Crippen LogP contribution is 2.24. The Bertz CT molecular complexity index is 600. The van der Waals surface area contributed by atoms with Gasteiger partial charge in [0.2, 0.25) is 0 Å². The molecule has 0 radical (unpaired) electrons. The van der Waals surface area contributed by atoms with Gasteiger partial charge in [-0.1, -0.05) is 35.9 Å². The fourth-order valence-electron chi connectivity index (χ4n) is 1.84. The number of nitrogens with zero attached hydrogens (tertiary/aromatic N) is 1. The molecule has 0 saturated carbocycles. The molecule has 5 heteroatoms. The van der Waals surface area contributed by atoms with Gasteiger partial charge in [0.25, 0.3) is 0 Å². The van der Waals surface area contributed by atoms with Crippen molar-refractivity contribution in [2.24, 2.45) is 0 Å². The predicted molar refractivity (Wildman–Crippen MR) is 73.5 cm³/mol. The summed E-state index contributed by atoms with van der Waals surface area (Å²) < 4.78 is 10.2. The van der Waals surface area contributed by atoms with Crippen LogP contribution < -0.4 is 0 Å². The normalized spacial score (nSPS) is 12.4. The summed E-state index contributed by atoms with van der Waals surface area (Å²) in [6, 6.07) is 7.33. The van der Waals surface area contributed by atoms with Gasteiger partial charge in [-0.3, -0.25) is 0 Å². The van der Waals surface area contributed by atoms with Gasteiger partial charge in [-0.05, 0) is 6.92 Å². The summed E-state index contributed by atoms with van der Waals surface area (Å²) in [5.74, 6) is -0.426. The standard InChI is InChI=1S/C14H14ClNO3/c1-9(8-18-2)19-14(17)12-7-16-13(15)11-6-4-3-5-10(11)12/h3-7,9H,8H2,1-2H3. The van der Waals surface area contributed by atoms with Crippen LogP contribution in [0.4, 0.5) is 0 Å². The number of esters is 1. The lowest BCUT2D eigenvalue weighted by atomic mass is 10.1. The molecule has 2 aromatic rings. The van der Waals surface area contributed by atoms with Crippen molar-refractivity contribution in [3.8, 4) is 0 Å². The van der Waals surface area contributed by atoms with Crippen LogP contribution in [-0.2, 0) is 9.47 Å². The molecule has 0 amide bonds. The minimum atomic E-state index is -0.426. The third kappa shape index (κ3) is 3.03. The van der Waals surface area contributed by atoms with Crippen LogP contribution in [0.1, 0.15) is 17.3 Å². The zero-order valence-electron chi connectivity index (χ0n) is 10.7. The Morgan fingerprint density at radius 3 is 2.74 bits per heavy atom. The van der Waals surface area contributed by atoms with Crippen LogP contribution in [0.2, 0.25) is 5.15 Å². The Morgan fingerprint density at radius 2 is 2.05 bits per heavy atom. The first-order chi connectivity index (χ1) is 9.13.